The van der Waals surface area contributed by atoms with Crippen molar-refractivity contribution in [2.45, 2.75) is 57.3 Å². The van der Waals surface area contributed by atoms with Crippen LogP contribution in [0.1, 0.15) is 39.0 Å². The van der Waals surface area contributed by atoms with Gasteiger partial charge >= 0.3 is 5.97 Å². The lowest BCUT2D eigenvalue weighted by molar-refractivity contribution is -0.149. The molecule has 3 atom stereocenters. The first-order valence-electron chi connectivity index (χ1n) is 6.28. The molecule has 0 spiro atoms. The molecule has 4 nitrogen and oxygen atoms in total. The van der Waals surface area contributed by atoms with E-state index in [0.29, 0.717) is 6.54 Å². The number of hydrogen-bond donors (Lipinski definition) is 2. The van der Waals surface area contributed by atoms with Crippen molar-refractivity contribution in [1.82, 2.24) is 5.32 Å². The van der Waals surface area contributed by atoms with Gasteiger partial charge in [-0.15, -0.1) is 0 Å². The Labute approximate surface area is 96.4 Å². The van der Waals surface area contributed by atoms with Crippen molar-refractivity contribution in [2.24, 2.45) is 5.92 Å². The Kier molecular flexibility index (Phi) is 3.82. The van der Waals surface area contributed by atoms with Crippen molar-refractivity contribution in [2.75, 3.05) is 6.54 Å². The highest BCUT2D eigenvalue weighted by molar-refractivity contribution is 5.74. The summed E-state index contributed by atoms with van der Waals surface area (Å²) in [6.45, 7) is 2.52. The molecule has 1 saturated carbocycles. The minimum atomic E-state index is -0.813. The Morgan fingerprint density at radius 2 is 2.12 bits per heavy atom. The largest absolute Gasteiger partial charge is 0.480 e. The summed E-state index contributed by atoms with van der Waals surface area (Å²) < 4.78 is 5.78. The number of carboxylic acid groups (broad SMARTS) is 1. The average Bonchev–Trinajstić information content (AvgIpc) is 2.70. The topological polar surface area (TPSA) is 58.6 Å². The molecule has 1 heterocycles. The van der Waals surface area contributed by atoms with Crippen molar-refractivity contribution < 1.29 is 14.6 Å². The maximum absolute atomic E-state index is 10.9. The van der Waals surface area contributed by atoms with Crippen LogP contribution in [0.15, 0.2) is 0 Å². The number of carbonyl (C=O) groups is 1. The molecule has 0 aromatic carbocycles. The van der Waals surface area contributed by atoms with Crippen molar-refractivity contribution in [3.8, 4) is 0 Å². The van der Waals surface area contributed by atoms with Crippen LogP contribution in [0, 0.1) is 5.92 Å². The lowest BCUT2D eigenvalue weighted by atomic mass is 9.98. The summed E-state index contributed by atoms with van der Waals surface area (Å²) in [5.41, 5.74) is 0. The van der Waals surface area contributed by atoms with Gasteiger partial charge in [-0.1, -0.05) is 25.7 Å². The van der Waals surface area contributed by atoms with Gasteiger partial charge in [-0.25, -0.2) is 0 Å². The molecular formula is C12H21NO3. The summed E-state index contributed by atoms with van der Waals surface area (Å²) >= 11 is 0. The molecule has 2 N–H and O–H groups in total. The van der Waals surface area contributed by atoms with Crippen molar-refractivity contribution in [3.05, 3.63) is 0 Å². The number of carboxylic acids is 1. The second-order valence-electron chi connectivity index (χ2n) is 5.07. The van der Waals surface area contributed by atoms with Gasteiger partial charge in [-0.05, 0) is 19.3 Å². The lowest BCUT2D eigenvalue weighted by Crippen LogP contribution is -2.55. The fraction of sp³-hybridized carbons (Fsp3) is 0.917. The zero-order valence-electron chi connectivity index (χ0n) is 9.82. The molecule has 4 heteroatoms. The van der Waals surface area contributed by atoms with Crippen LogP contribution in [-0.2, 0) is 9.53 Å². The Bertz CT molecular complexity index is 251. The van der Waals surface area contributed by atoms with Crippen LogP contribution in [0.25, 0.3) is 0 Å². The Hall–Kier alpha value is -0.610. The predicted octanol–water partition coefficient (Wildman–Crippen LogP) is 1.40. The van der Waals surface area contributed by atoms with Crippen LogP contribution in [0.2, 0.25) is 0 Å². The summed E-state index contributed by atoms with van der Waals surface area (Å²) in [5.74, 6) is -0.0211. The molecule has 0 amide bonds. The van der Waals surface area contributed by atoms with Gasteiger partial charge in [0.05, 0.1) is 12.2 Å². The fourth-order valence-electron chi connectivity index (χ4n) is 2.90. The number of ether oxygens (including phenoxy) is 1. The number of hydrogen-bond acceptors (Lipinski definition) is 3. The number of aliphatic carboxylic acids is 1. The van der Waals surface area contributed by atoms with Crippen molar-refractivity contribution >= 4 is 5.97 Å². The molecule has 1 aliphatic heterocycles. The molecule has 2 aliphatic rings. The van der Waals surface area contributed by atoms with E-state index in [1.54, 1.807) is 0 Å². The standard InChI is InChI=1S/C12H21NO3/c1-8-11(12(14)15)13-7-10(16-8)6-9-4-2-3-5-9/h8-11,13H,2-7H2,1H3,(H,14,15). The lowest BCUT2D eigenvalue weighted by Gasteiger charge is -2.34. The predicted molar refractivity (Wildman–Crippen MR) is 60.3 cm³/mol. The van der Waals surface area contributed by atoms with Crippen molar-refractivity contribution in [1.29, 1.82) is 0 Å². The SMILES string of the molecule is CC1OC(CC2CCCC2)CNC1C(=O)O. The highest BCUT2D eigenvalue weighted by Crippen LogP contribution is 2.30. The highest BCUT2D eigenvalue weighted by atomic mass is 16.5. The first-order valence-corrected chi connectivity index (χ1v) is 6.28. The fourth-order valence-corrected chi connectivity index (χ4v) is 2.90. The maximum Gasteiger partial charge on any atom is 0.323 e. The smallest absolute Gasteiger partial charge is 0.323 e. The number of nitrogens with one attached hydrogen (secondary N) is 1. The Morgan fingerprint density at radius 3 is 2.69 bits per heavy atom. The first kappa shape index (κ1) is 11.9. The molecule has 3 unspecified atom stereocenters. The van der Waals surface area contributed by atoms with E-state index >= 15 is 0 Å². The van der Waals surface area contributed by atoms with E-state index in [4.69, 9.17) is 9.84 Å². The van der Waals surface area contributed by atoms with E-state index in [1.807, 2.05) is 6.92 Å². The monoisotopic (exact) mass is 227 g/mol. The first-order chi connectivity index (χ1) is 7.66. The van der Waals surface area contributed by atoms with Crippen LogP contribution in [-0.4, -0.2) is 35.9 Å². The summed E-state index contributed by atoms with van der Waals surface area (Å²) in [7, 11) is 0. The molecular weight excluding hydrogens is 206 g/mol. The average molecular weight is 227 g/mol. The summed E-state index contributed by atoms with van der Waals surface area (Å²) in [6.07, 6.45) is 6.39. The molecule has 2 rings (SSSR count). The van der Waals surface area contributed by atoms with Crippen molar-refractivity contribution in [3.63, 3.8) is 0 Å². The molecule has 1 saturated heterocycles. The van der Waals surface area contributed by atoms with E-state index in [-0.39, 0.29) is 12.2 Å². The molecule has 0 radical (unpaired) electrons. The quantitative estimate of drug-likeness (QED) is 0.765. The van der Waals surface area contributed by atoms with Crippen LogP contribution < -0.4 is 5.32 Å². The van der Waals surface area contributed by atoms with E-state index in [2.05, 4.69) is 5.32 Å². The van der Waals surface area contributed by atoms with E-state index in [0.717, 1.165) is 12.3 Å². The number of rotatable bonds is 3. The van der Waals surface area contributed by atoms with E-state index in [9.17, 15) is 4.79 Å². The zero-order chi connectivity index (χ0) is 11.5. The van der Waals surface area contributed by atoms with E-state index in [1.165, 1.54) is 25.7 Å². The van der Waals surface area contributed by atoms with Gasteiger partial charge in [0.25, 0.3) is 0 Å². The summed E-state index contributed by atoms with van der Waals surface area (Å²) in [5, 5.41) is 12.0. The molecule has 16 heavy (non-hydrogen) atoms. The highest BCUT2D eigenvalue weighted by Gasteiger charge is 2.33. The molecule has 0 bridgehead atoms. The third-order valence-corrected chi connectivity index (χ3v) is 3.78. The Morgan fingerprint density at radius 1 is 1.44 bits per heavy atom. The van der Waals surface area contributed by atoms with Gasteiger partial charge in [0.15, 0.2) is 0 Å². The molecule has 2 fully saturated rings. The zero-order valence-corrected chi connectivity index (χ0v) is 9.82. The van der Waals surface area contributed by atoms with Gasteiger partial charge in [-0.3, -0.25) is 10.1 Å². The molecule has 1 aliphatic carbocycles. The maximum atomic E-state index is 10.9. The summed E-state index contributed by atoms with van der Waals surface area (Å²) in [4.78, 5) is 10.9. The second-order valence-corrected chi connectivity index (χ2v) is 5.07. The van der Waals surface area contributed by atoms with Crippen LogP contribution >= 0.6 is 0 Å². The van der Waals surface area contributed by atoms with Crippen LogP contribution in [0.4, 0.5) is 0 Å². The minimum absolute atomic E-state index is 0.202. The van der Waals surface area contributed by atoms with Gasteiger partial charge in [-0.2, -0.15) is 0 Å². The minimum Gasteiger partial charge on any atom is -0.480 e. The normalized spacial score (nSPS) is 36.4. The second kappa shape index (κ2) is 5.15. The third-order valence-electron chi connectivity index (χ3n) is 3.78. The number of morpholine rings is 1. The summed E-state index contributed by atoms with van der Waals surface area (Å²) in [6, 6.07) is -0.542. The van der Waals surface area contributed by atoms with Crippen LogP contribution in [0.5, 0.6) is 0 Å². The molecule has 0 aromatic heterocycles. The Balaban J connectivity index is 1.79. The molecule has 92 valence electrons. The molecule has 0 aromatic rings. The van der Waals surface area contributed by atoms with Gasteiger partial charge in [0.2, 0.25) is 0 Å². The van der Waals surface area contributed by atoms with Crippen LogP contribution in [0.3, 0.4) is 0 Å². The van der Waals surface area contributed by atoms with Gasteiger partial charge < -0.3 is 9.84 Å². The van der Waals surface area contributed by atoms with Gasteiger partial charge in [0.1, 0.15) is 6.04 Å². The third kappa shape index (κ3) is 2.74. The van der Waals surface area contributed by atoms with E-state index < -0.39 is 12.0 Å². The van der Waals surface area contributed by atoms with Gasteiger partial charge in [0, 0.05) is 6.54 Å².